The fourth-order valence-corrected chi connectivity index (χ4v) is 4.75. The standard InChI is InChI=1S/C17H28N4OS/c1-12(2)10-15-19-13(3)16(23-15)17(22)21-7-4-14(11-21)20-8-5-18-6-9-20/h12,14,18H,4-11H2,1-3H3. The monoisotopic (exact) mass is 336 g/mol. The van der Waals surface area contributed by atoms with Crippen LogP contribution in [-0.2, 0) is 6.42 Å². The van der Waals surface area contributed by atoms with E-state index in [1.54, 1.807) is 11.3 Å². The molecular formula is C17H28N4OS. The molecule has 3 rings (SSSR count). The molecule has 1 aromatic rings. The number of piperazine rings is 1. The van der Waals surface area contributed by atoms with Gasteiger partial charge in [-0.25, -0.2) is 4.98 Å². The molecule has 2 aliphatic heterocycles. The Kier molecular flexibility index (Phi) is 5.34. The minimum absolute atomic E-state index is 0.188. The molecule has 0 saturated carbocycles. The SMILES string of the molecule is Cc1nc(CC(C)C)sc1C(=O)N1CCC(N2CCNCC2)C1. The first-order chi connectivity index (χ1) is 11.0. The van der Waals surface area contributed by atoms with Crippen LogP contribution in [0.4, 0.5) is 0 Å². The molecule has 0 radical (unpaired) electrons. The van der Waals surface area contributed by atoms with Gasteiger partial charge in [-0.1, -0.05) is 13.8 Å². The summed E-state index contributed by atoms with van der Waals surface area (Å²) in [4.78, 5) is 22.9. The lowest BCUT2D eigenvalue weighted by Gasteiger charge is -2.32. The third-order valence-corrected chi connectivity index (χ3v) is 5.90. The molecule has 2 saturated heterocycles. The zero-order chi connectivity index (χ0) is 16.4. The van der Waals surface area contributed by atoms with E-state index in [0.29, 0.717) is 12.0 Å². The van der Waals surface area contributed by atoms with Gasteiger partial charge in [0.25, 0.3) is 5.91 Å². The molecule has 0 bridgehead atoms. The van der Waals surface area contributed by atoms with Gasteiger partial charge in [0, 0.05) is 51.7 Å². The first-order valence-corrected chi connectivity index (χ1v) is 9.56. The number of carbonyl (C=O) groups excluding carboxylic acids is 1. The maximum Gasteiger partial charge on any atom is 0.265 e. The van der Waals surface area contributed by atoms with Crippen molar-refractivity contribution in [3.63, 3.8) is 0 Å². The van der Waals surface area contributed by atoms with Crippen molar-refractivity contribution in [3.8, 4) is 0 Å². The number of rotatable bonds is 4. The molecule has 1 aromatic heterocycles. The van der Waals surface area contributed by atoms with E-state index in [0.717, 1.165) is 67.7 Å². The Hall–Kier alpha value is -0.980. The Labute approximate surface area is 143 Å². The molecule has 1 N–H and O–H groups in total. The van der Waals surface area contributed by atoms with Crippen molar-refractivity contribution >= 4 is 17.2 Å². The van der Waals surface area contributed by atoms with Crippen molar-refractivity contribution in [2.24, 2.45) is 5.92 Å². The summed E-state index contributed by atoms with van der Waals surface area (Å²) in [5.41, 5.74) is 0.904. The van der Waals surface area contributed by atoms with Crippen LogP contribution >= 0.6 is 11.3 Å². The Morgan fingerprint density at radius 2 is 2.09 bits per heavy atom. The lowest BCUT2D eigenvalue weighted by Crippen LogP contribution is -2.49. The molecule has 128 valence electrons. The number of aryl methyl sites for hydroxylation is 1. The number of amides is 1. The molecule has 1 atom stereocenters. The van der Waals surface area contributed by atoms with E-state index in [2.05, 4.69) is 29.0 Å². The van der Waals surface area contributed by atoms with Crippen LogP contribution in [0, 0.1) is 12.8 Å². The summed E-state index contributed by atoms with van der Waals surface area (Å²) >= 11 is 1.59. The summed E-state index contributed by atoms with van der Waals surface area (Å²) in [5, 5.41) is 4.49. The third kappa shape index (κ3) is 3.92. The van der Waals surface area contributed by atoms with Crippen LogP contribution in [-0.4, -0.2) is 66.0 Å². The van der Waals surface area contributed by atoms with Crippen molar-refractivity contribution in [2.45, 2.75) is 39.7 Å². The number of nitrogens with zero attached hydrogens (tertiary/aromatic N) is 3. The van der Waals surface area contributed by atoms with E-state index in [1.165, 1.54) is 0 Å². The molecule has 0 spiro atoms. The van der Waals surface area contributed by atoms with Crippen LogP contribution in [0.3, 0.4) is 0 Å². The Balaban J connectivity index is 1.63. The minimum atomic E-state index is 0.188. The number of carbonyl (C=O) groups is 1. The van der Waals surface area contributed by atoms with Crippen molar-refractivity contribution in [1.82, 2.24) is 20.1 Å². The summed E-state index contributed by atoms with van der Waals surface area (Å²) in [6.07, 6.45) is 2.06. The van der Waals surface area contributed by atoms with Crippen LogP contribution in [0.5, 0.6) is 0 Å². The van der Waals surface area contributed by atoms with Gasteiger partial charge in [-0.05, 0) is 19.3 Å². The van der Waals surface area contributed by atoms with Gasteiger partial charge in [0.1, 0.15) is 4.88 Å². The van der Waals surface area contributed by atoms with Gasteiger partial charge in [0.15, 0.2) is 0 Å². The predicted octanol–water partition coefficient (Wildman–Crippen LogP) is 1.77. The molecule has 2 aliphatic rings. The minimum Gasteiger partial charge on any atom is -0.336 e. The summed E-state index contributed by atoms with van der Waals surface area (Å²) in [7, 11) is 0. The molecule has 23 heavy (non-hydrogen) atoms. The second kappa shape index (κ2) is 7.28. The first-order valence-electron chi connectivity index (χ1n) is 8.75. The topological polar surface area (TPSA) is 48.5 Å². The highest BCUT2D eigenvalue weighted by atomic mass is 32.1. The van der Waals surface area contributed by atoms with Crippen molar-refractivity contribution in [1.29, 1.82) is 0 Å². The normalized spacial score (nSPS) is 23.0. The Morgan fingerprint density at radius 1 is 1.35 bits per heavy atom. The average Bonchev–Trinajstić information content (AvgIpc) is 3.14. The van der Waals surface area contributed by atoms with Gasteiger partial charge >= 0.3 is 0 Å². The van der Waals surface area contributed by atoms with Gasteiger partial charge < -0.3 is 10.2 Å². The highest BCUT2D eigenvalue weighted by Crippen LogP contribution is 2.25. The van der Waals surface area contributed by atoms with E-state index in [-0.39, 0.29) is 5.91 Å². The zero-order valence-electron chi connectivity index (χ0n) is 14.5. The fraction of sp³-hybridized carbons (Fsp3) is 0.765. The van der Waals surface area contributed by atoms with Gasteiger partial charge in [0.2, 0.25) is 0 Å². The van der Waals surface area contributed by atoms with E-state index >= 15 is 0 Å². The summed E-state index contributed by atoms with van der Waals surface area (Å²) in [5.74, 6) is 0.764. The van der Waals surface area contributed by atoms with Gasteiger partial charge in [0.05, 0.1) is 10.7 Å². The first kappa shape index (κ1) is 16.9. The summed E-state index contributed by atoms with van der Waals surface area (Å²) in [6.45, 7) is 12.4. The highest BCUT2D eigenvalue weighted by Gasteiger charge is 2.32. The summed E-state index contributed by atoms with van der Waals surface area (Å²) in [6, 6.07) is 0.532. The number of likely N-dealkylation sites (tertiary alicyclic amines) is 1. The van der Waals surface area contributed by atoms with Gasteiger partial charge in [-0.3, -0.25) is 9.69 Å². The lowest BCUT2D eigenvalue weighted by molar-refractivity contribution is 0.0777. The van der Waals surface area contributed by atoms with Crippen LogP contribution in [0.25, 0.3) is 0 Å². The molecular weight excluding hydrogens is 308 g/mol. The fourth-order valence-electron chi connectivity index (χ4n) is 3.50. The van der Waals surface area contributed by atoms with Crippen LogP contribution in [0.1, 0.15) is 40.6 Å². The molecule has 0 aromatic carbocycles. The zero-order valence-corrected chi connectivity index (χ0v) is 15.3. The molecule has 1 amide bonds. The van der Waals surface area contributed by atoms with Gasteiger partial charge in [-0.15, -0.1) is 11.3 Å². The molecule has 3 heterocycles. The maximum absolute atomic E-state index is 12.9. The number of hydrogen-bond donors (Lipinski definition) is 1. The second-order valence-corrected chi connectivity index (χ2v) is 8.18. The van der Waals surface area contributed by atoms with Crippen LogP contribution in [0.2, 0.25) is 0 Å². The van der Waals surface area contributed by atoms with E-state index < -0.39 is 0 Å². The van der Waals surface area contributed by atoms with Gasteiger partial charge in [-0.2, -0.15) is 0 Å². The largest absolute Gasteiger partial charge is 0.336 e. The maximum atomic E-state index is 12.9. The third-order valence-electron chi connectivity index (χ3n) is 4.74. The molecule has 1 unspecified atom stereocenters. The Bertz CT molecular complexity index is 551. The van der Waals surface area contributed by atoms with Crippen LogP contribution < -0.4 is 5.32 Å². The predicted molar refractivity (Wildman–Crippen MR) is 94.1 cm³/mol. The lowest BCUT2D eigenvalue weighted by atomic mass is 10.1. The molecule has 6 heteroatoms. The number of nitrogens with one attached hydrogen (secondary N) is 1. The van der Waals surface area contributed by atoms with E-state index in [4.69, 9.17) is 0 Å². The number of hydrogen-bond acceptors (Lipinski definition) is 5. The van der Waals surface area contributed by atoms with E-state index in [1.807, 2.05) is 11.8 Å². The van der Waals surface area contributed by atoms with E-state index in [9.17, 15) is 4.79 Å². The molecule has 0 aliphatic carbocycles. The number of aromatic nitrogens is 1. The smallest absolute Gasteiger partial charge is 0.265 e. The molecule has 2 fully saturated rings. The highest BCUT2D eigenvalue weighted by molar-refractivity contribution is 7.13. The second-order valence-electron chi connectivity index (χ2n) is 7.10. The number of thiazole rings is 1. The average molecular weight is 337 g/mol. The quantitative estimate of drug-likeness (QED) is 0.910. The van der Waals surface area contributed by atoms with Crippen molar-refractivity contribution in [3.05, 3.63) is 15.6 Å². The van der Waals surface area contributed by atoms with Crippen molar-refractivity contribution < 1.29 is 4.79 Å². The van der Waals surface area contributed by atoms with Crippen LogP contribution in [0.15, 0.2) is 0 Å². The summed E-state index contributed by atoms with van der Waals surface area (Å²) < 4.78 is 0. The van der Waals surface area contributed by atoms with Crippen molar-refractivity contribution in [2.75, 3.05) is 39.3 Å². The molecule has 5 nitrogen and oxygen atoms in total. The Morgan fingerprint density at radius 3 is 2.78 bits per heavy atom.